The molecule has 19 heavy (non-hydrogen) atoms. The summed E-state index contributed by atoms with van der Waals surface area (Å²) in [6, 6.07) is 5.72. The van der Waals surface area contributed by atoms with E-state index in [2.05, 4.69) is 5.32 Å². The second-order valence-corrected chi connectivity index (χ2v) is 4.60. The van der Waals surface area contributed by atoms with Crippen LogP contribution in [-0.2, 0) is 11.2 Å². The summed E-state index contributed by atoms with van der Waals surface area (Å²) in [5.74, 6) is 0.755. The van der Waals surface area contributed by atoms with E-state index in [1.54, 1.807) is 6.08 Å². The van der Waals surface area contributed by atoms with Crippen molar-refractivity contribution in [1.29, 1.82) is 0 Å². The summed E-state index contributed by atoms with van der Waals surface area (Å²) in [5, 5.41) is 11.8. The SMILES string of the molecule is CCC(CO)NC(=O)/C=C/c1ccc2c(c1)CCO2. The van der Waals surface area contributed by atoms with Crippen LogP contribution in [0.3, 0.4) is 0 Å². The zero-order valence-corrected chi connectivity index (χ0v) is 11.1. The Labute approximate surface area is 113 Å². The molecule has 0 aliphatic carbocycles. The molecule has 0 spiro atoms. The predicted octanol–water partition coefficient (Wildman–Crippen LogP) is 1.52. The molecule has 0 saturated carbocycles. The number of aliphatic hydroxyl groups is 1. The number of hydrogen-bond donors (Lipinski definition) is 2. The fraction of sp³-hybridized carbons (Fsp3) is 0.400. The van der Waals surface area contributed by atoms with E-state index >= 15 is 0 Å². The van der Waals surface area contributed by atoms with Gasteiger partial charge in [-0.2, -0.15) is 0 Å². The minimum atomic E-state index is -0.183. The lowest BCUT2D eigenvalue weighted by molar-refractivity contribution is -0.117. The van der Waals surface area contributed by atoms with E-state index in [9.17, 15) is 4.79 Å². The van der Waals surface area contributed by atoms with Crippen LogP contribution in [0.15, 0.2) is 24.3 Å². The van der Waals surface area contributed by atoms with Crippen LogP contribution in [-0.4, -0.2) is 30.3 Å². The van der Waals surface area contributed by atoms with Crippen molar-refractivity contribution in [2.75, 3.05) is 13.2 Å². The third-order valence-corrected chi connectivity index (χ3v) is 3.20. The molecule has 1 heterocycles. The lowest BCUT2D eigenvalue weighted by Crippen LogP contribution is -2.35. The van der Waals surface area contributed by atoms with E-state index in [4.69, 9.17) is 9.84 Å². The molecule has 102 valence electrons. The molecule has 0 fully saturated rings. The van der Waals surface area contributed by atoms with Gasteiger partial charge in [-0.15, -0.1) is 0 Å². The Morgan fingerprint density at radius 3 is 3.16 bits per heavy atom. The highest BCUT2D eigenvalue weighted by Crippen LogP contribution is 2.26. The van der Waals surface area contributed by atoms with Gasteiger partial charge in [-0.05, 0) is 35.8 Å². The number of fused-ring (bicyclic) bond motifs is 1. The van der Waals surface area contributed by atoms with Gasteiger partial charge in [0.2, 0.25) is 5.91 Å². The van der Waals surface area contributed by atoms with Gasteiger partial charge in [-0.1, -0.05) is 13.0 Å². The molecule has 1 aliphatic rings. The highest BCUT2D eigenvalue weighted by Gasteiger charge is 2.11. The molecule has 2 rings (SSSR count). The Hall–Kier alpha value is -1.81. The Bertz CT molecular complexity index is 478. The molecule has 0 radical (unpaired) electrons. The summed E-state index contributed by atoms with van der Waals surface area (Å²) in [7, 11) is 0. The van der Waals surface area contributed by atoms with Gasteiger partial charge >= 0.3 is 0 Å². The average molecular weight is 261 g/mol. The van der Waals surface area contributed by atoms with Crippen LogP contribution in [0.1, 0.15) is 24.5 Å². The molecule has 1 atom stereocenters. The average Bonchev–Trinajstić information content (AvgIpc) is 2.89. The number of rotatable bonds is 5. The lowest BCUT2D eigenvalue weighted by atomic mass is 10.1. The second-order valence-electron chi connectivity index (χ2n) is 4.60. The van der Waals surface area contributed by atoms with Crippen molar-refractivity contribution in [3.8, 4) is 5.75 Å². The molecule has 1 aromatic rings. The number of aliphatic hydroxyl groups excluding tert-OH is 1. The van der Waals surface area contributed by atoms with Gasteiger partial charge < -0.3 is 15.2 Å². The van der Waals surface area contributed by atoms with Crippen molar-refractivity contribution < 1.29 is 14.6 Å². The van der Waals surface area contributed by atoms with Crippen LogP contribution in [0.4, 0.5) is 0 Å². The summed E-state index contributed by atoms with van der Waals surface area (Å²) >= 11 is 0. The maximum atomic E-state index is 11.6. The van der Waals surface area contributed by atoms with Crippen LogP contribution >= 0.6 is 0 Å². The maximum absolute atomic E-state index is 11.6. The van der Waals surface area contributed by atoms with Crippen molar-refractivity contribution in [3.63, 3.8) is 0 Å². The van der Waals surface area contributed by atoms with Crippen LogP contribution in [0.5, 0.6) is 5.75 Å². The Morgan fingerprint density at radius 2 is 2.42 bits per heavy atom. The first-order valence-corrected chi connectivity index (χ1v) is 6.58. The van der Waals surface area contributed by atoms with Crippen LogP contribution < -0.4 is 10.1 Å². The van der Waals surface area contributed by atoms with Crippen molar-refractivity contribution in [3.05, 3.63) is 35.4 Å². The van der Waals surface area contributed by atoms with E-state index in [-0.39, 0.29) is 18.6 Å². The molecular weight excluding hydrogens is 242 g/mol. The number of carbonyl (C=O) groups excluding carboxylic acids is 1. The first kappa shape index (κ1) is 13.6. The van der Waals surface area contributed by atoms with Gasteiger partial charge in [-0.3, -0.25) is 4.79 Å². The number of amides is 1. The molecule has 0 bridgehead atoms. The topological polar surface area (TPSA) is 58.6 Å². The fourth-order valence-electron chi connectivity index (χ4n) is 2.01. The highest BCUT2D eigenvalue weighted by atomic mass is 16.5. The number of carbonyl (C=O) groups is 1. The molecule has 0 saturated heterocycles. The summed E-state index contributed by atoms with van der Waals surface area (Å²) in [6.07, 6.45) is 4.91. The monoisotopic (exact) mass is 261 g/mol. The molecule has 1 aromatic carbocycles. The van der Waals surface area contributed by atoms with Crippen molar-refractivity contribution in [2.24, 2.45) is 0 Å². The number of hydrogen-bond acceptors (Lipinski definition) is 3. The molecular formula is C15H19NO3. The molecule has 0 aromatic heterocycles. The Balaban J connectivity index is 1.96. The minimum absolute atomic E-state index is 0.0355. The van der Waals surface area contributed by atoms with Gasteiger partial charge in [-0.25, -0.2) is 0 Å². The van der Waals surface area contributed by atoms with E-state index in [0.717, 1.165) is 24.3 Å². The molecule has 1 aliphatic heterocycles. The third kappa shape index (κ3) is 3.58. The van der Waals surface area contributed by atoms with Crippen molar-refractivity contribution in [1.82, 2.24) is 5.32 Å². The molecule has 1 unspecified atom stereocenters. The first-order valence-electron chi connectivity index (χ1n) is 6.58. The number of ether oxygens (including phenoxy) is 1. The maximum Gasteiger partial charge on any atom is 0.244 e. The van der Waals surface area contributed by atoms with Gasteiger partial charge in [0.25, 0.3) is 0 Å². The van der Waals surface area contributed by atoms with E-state index in [1.165, 1.54) is 11.6 Å². The van der Waals surface area contributed by atoms with E-state index < -0.39 is 0 Å². The van der Waals surface area contributed by atoms with Crippen molar-refractivity contribution >= 4 is 12.0 Å². The summed E-state index contributed by atoms with van der Waals surface area (Å²) in [5.41, 5.74) is 2.17. The summed E-state index contributed by atoms with van der Waals surface area (Å²) < 4.78 is 5.43. The van der Waals surface area contributed by atoms with Crippen LogP contribution in [0.2, 0.25) is 0 Å². The first-order chi connectivity index (χ1) is 9.22. The Morgan fingerprint density at radius 1 is 1.58 bits per heavy atom. The zero-order valence-electron chi connectivity index (χ0n) is 11.1. The predicted molar refractivity (Wildman–Crippen MR) is 74.0 cm³/mol. The minimum Gasteiger partial charge on any atom is -0.493 e. The largest absolute Gasteiger partial charge is 0.493 e. The highest BCUT2D eigenvalue weighted by molar-refractivity contribution is 5.91. The summed E-state index contributed by atoms with van der Waals surface area (Å²) in [6.45, 7) is 2.62. The fourth-order valence-corrected chi connectivity index (χ4v) is 2.01. The quantitative estimate of drug-likeness (QED) is 0.790. The van der Waals surface area contributed by atoms with Gasteiger partial charge in [0.15, 0.2) is 0 Å². The van der Waals surface area contributed by atoms with Gasteiger partial charge in [0.05, 0.1) is 19.3 Å². The van der Waals surface area contributed by atoms with Gasteiger partial charge in [0, 0.05) is 12.5 Å². The van der Waals surface area contributed by atoms with Crippen LogP contribution in [0, 0.1) is 0 Å². The number of benzene rings is 1. The number of nitrogens with one attached hydrogen (secondary N) is 1. The zero-order chi connectivity index (χ0) is 13.7. The van der Waals surface area contributed by atoms with E-state index in [0.29, 0.717) is 6.42 Å². The molecule has 4 heteroatoms. The normalized spacial score (nSPS) is 15.1. The van der Waals surface area contributed by atoms with Crippen molar-refractivity contribution in [2.45, 2.75) is 25.8 Å². The molecule has 2 N–H and O–H groups in total. The Kier molecular flexibility index (Phi) is 4.58. The third-order valence-electron chi connectivity index (χ3n) is 3.20. The second kappa shape index (κ2) is 6.38. The van der Waals surface area contributed by atoms with Crippen LogP contribution in [0.25, 0.3) is 6.08 Å². The van der Waals surface area contributed by atoms with E-state index in [1.807, 2.05) is 25.1 Å². The standard InChI is InChI=1S/C15H19NO3/c1-2-13(10-17)16-15(18)6-4-11-3-5-14-12(9-11)7-8-19-14/h3-6,9,13,17H,2,7-8,10H2,1H3,(H,16,18)/b6-4+. The van der Waals surface area contributed by atoms with Gasteiger partial charge in [0.1, 0.15) is 5.75 Å². The smallest absolute Gasteiger partial charge is 0.244 e. The summed E-state index contributed by atoms with van der Waals surface area (Å²) in [4.78, 5) is 11.6. The molecule has 1 amide bonds. The lowest BCUT2D eigenvalue weighted by Gasteiger charge is -2.11. The molecule has 4 nitrogen and oxygen atoms in total.